The van der Waals surface area contributed by atoms with Gasteiger partial charge in [0.05, 0.1) is 0 Å². The maximum atomic E-state index is 10.9. The number of benzene rings is 1. The number of primary amides is 1. The summed E-state index contributed by atoms with van der Waals surface area (Å²) in [5.41, 5.74) is 5.42. The molecule has 1 aromatic carbocycles. The Bertz CT molecular complexity index is 510. The van der Waals surface area contributed by atoms with E-state index in [0.717, 1.165) is 15.2 Å². The molecule has 0 aliphatic heterocycles. The smallest absolute Gasteiger partial charge is 0.267 e. The molecule has 0 fully saturated rings. The van der Waals surface area contributed by atoms with Crippen molar-refractivity contribution in [2.24, 2.45) is 5.73 Å². The van der Waals surface area contributed by atoms with Gasteiger partial charge in [0.1, 0.15) is 5.69 Å². The summed E-state index contributed by atoms with van der Waals surface area (Å²) in [5, 5.41) is 1.93. The second kappa shape index (κ2) is 3.38. The van der Waals surface area contributed by atoms with Crippen LogP contribution < -0.4 is 5.73 Å². The molecule has 0 aliphatic rings. The topological polar surface area (TPSA) is 56.0 Å². The molecule has 0 saturated carbocycles. The fourth-order valence-electron chi connectivity index (χ4n) is 1.25. The molecule has 3 nitrogen and oxygen atoms in total. The van der Waals surface area contributed by atoms with E-state index in [4.69, 9.17) is 5.73 Å². The Kier molecular flexibility index (Phi) is 2.21. The predicted octanol–water partition coefficient (Wildman–Crippen LogP) is 2.10. The average Bonchev–Trinajstić information content (AvgIpc) is 2.16. The lowest BCUT2D eigenvalue weighted by molar-refractivity contribution is 0.0996. The second-order valence-corrected chi connectivity index (χ2v) is 3.84. The van der Waals surface area contributed by atoms with E-state index in [2.05, 4.69) is 20.9 Å². The van der Waals surface area contributed by atoms with Crippen LogP contribution in [0.2, 0.25) is 0 Å². The summed E-state index contributed by atoms with van der Waals surface area (Å²) < 4.78 is 0.985. The van der Waals surface area contributed by atoms with Crippen LogP contribution in [0.15, 0.2) is 34.9 Å². The minimum atomic E-state index is -0.505. The first-order valence-electron chi connectivity index (χ1n) is 4.02. The molecule has 2 aromatic rings. The van der Waals surface area contributed by atoms with Crippen molar-refractivity contribution in [2.45, 2.75) is 0 Å². The number of rotatable bonds is 1. The molecule has 1 amide bonds. The summed E-state index contributed by atoms with van der Waals surface area (Å²) in [6.45, 7) is 0. The number of halogens is 1. The van der Waals surface area contributed by atoms with Crippen LogP contribution in [-0.2, 0) is 0 Å². The average molecular weight is 251 g/mol. The summed E-state index contributed by atoms with van der Waals surface area (Å²) >= 11 is 3.36. The van der Waals surface area contributed by atoms with E-state index >= 15 is 0 Å². The standard InChI is InChI=1S/C10H7BrN2O/c11-8-2-1-6-4-9(10(12)14)13-5-7(6)3-8/h1-5H,(H2,12,14). The molecule has 0 saturated heterocycles. The molecule has 14 heavy (non-hydrogen) atoms. The SMILES string of the molecule is NC(=O)c1cc2ccc(Br)cc2cn1. The number of aromatic nitrogens is 1. The van der Waals surface area contributed by atoms with Gasteiger partial charge in [0.15, 0.2) is 0 Å². The molecule has 0 spiro atoms. The molecule has 0 unspecified atom stereocenters. The van der Waals surface area contributed by atoms with Gasteiger partial charge in [-0.15, -0.1) is 0 Å². The highest BCUT2D eigenvalue weighted by Gasteiger charge is 2.02. The van der Waals surface area contributed by atoms with E-state index in [1.54, 1.807) is 12.3 Å². The third kappa shape index (κ3) is 1.61. The quantitative estimate of drug-likeness (QED) is 0.843. The van der Waals surface area contributed by atoms with Gasteiger partial charge in [-0.2, -0.15) is 0 Å². The number of pyridine rings is 1. The van der Waals surface area contributed by atoms with Crippen LogP contribution in [0.3, 0.4) is 0 Å². The van der Waals surface area contributed by atoms with Crippen LogP contribution >= 0.6 is 15.9 Å². The van der Waals surface area contributed by atoms with Crippen LogP contribution in [0.25, 0.3) is 10.8 Å². The zero-order chi connectivity index (χ0) is 10.1. The van der Waals surface area contributed by atoms with Crippen LogP contribution in [-0.4, -0.2) is 10.9 Å². The normalized spacial score (nSPS) is 10.4. The number of hydrogen-bond acceptors (Lipinski definition) is 2. The maximum absolute atomic E-state index is 10.9. The molecule has 2 N–H and O–H groups in total. The lowest BCUT2D eigenvalue weighted by atomic mass is 10.1. The number of nitrogens with zero attached hydrogens (tertiary/aromatic N) is 1. The van der Waals surface area contributed by atoms with Gasteiger partial charge in [-0.3, -0.25) is 9.78 Å². The van der Waals surface area contributed by atoms with Gasteiger partial charge in [0.2, 0.25) is 0 Å². The Morgan fingerprint density at radius 3 is 2.79 bits per heavy atom. The van der Waals surface area contributed by atoms with Crippen molar-refractivity contribution in [1.29, 1.82) is 0 Å². The number of amides is 1. The first-order chi connectivity index (χ1) is 6.66. The Morgan fingerprint density at radius 1 is 1.29 bits per heavy atom. The van der Waals surface area contributed by atoms with Gasteiger partial charge in [0, 0.05) is 16.1 Å². The van der Waals surface area contributed by atoms with E-state index < -0.39 is 5.91 Å². The molecule has 0 atom stereocenters. The number of carbonyl (C=O) groups excluding carboxylic acids is 1. The monoisotopic (exact) mass is 250 g/mol. The highest BCUT2D eigenvalue weighted by Crippen LogP contribution is 2.19. The Morgan fingerprint density at radius 2 is 2.07 bits per heavy atom. The minimum Gasteiger partial charge on any atom is -0.364 e. The van der Waals surface area contributed by atoms with Crippen molar-refractivity contribution in [3.8, 4) is 0 Å². The van der Waals surface area contributed by atoms with Crippen LogP contribution in [0, 0.1) is 0 Å². The number of nitrogens with two attached hydrogens (primary N) is 1. The van der Waals surface area contributed by atoms with Crippen molar-refractivity contribution in [2.75, 3.05) is 0 Å². The van der Waals surface area contributed by atoms with Gasteiger partial charge in [0.25, 0.3) is 5.91 Å². The third-order valence-corrected chi connectivity index (χ3v) is 2.43. The van der Waals surface area contributed by atoms with Gasteiger partial charge in [-0.1, -0.05) is 22.0 Å². The minimum absolute atomic E-state index is 0.292. The lowest BCUT2D eigenvalue weighted by Crippen LogP contribution is -2.12. The molecule has 0 radical (unpaired) electrons. The van der Waals surface area contributed by atoms with Gasteiger partial charge in [-0.25, -0.2) is 0 Å². The Labute approximate surface area is 89.1 Å². The van der Waals surface area contributed by atoms with Gasteiger partial charge < -0.3 is 5.73 Å². The first kappa shape index (κ1) is 9.15. The molecule has 0 bridgehead atoms. The summed E-state index contributed by atoms with van der Waals surface area (Å²) in [6, 6.07) is 7.44. The largest absolute Gasteiger partial charge is 0.364 e. The van der Waals surface area contributed by atoms with E-state index in [9.17, 15) is 4.79 Å². The molecule has 2 rings (SSSR count). The summed E-state index contributed by atoms with van der Waals surface area (Å²) in [6.07, 6.45) is 1.64. The van der Waals surface area contributed by atoms with Crippen molar-refractivity contribution in [3.63, 3.8) is 0 Å². The second-order valence-electron chi connectivity index (χ2n) is 2.93. The Balaban J connectivity index is 2.67. The van der Waals surface area contributed by atoms with Crippen molar-refractivity contribution in [3.05, 3.63) is 40.6 Å². The molecule has 70 valence electrons. The predicted molar refractivity (Wildman–Crippen MR) is 58.0 cm³/mol. The highest BCUT2D eigenvalue weighted by atomic mass is 79.9. The number of hydrogen-bond donors (Lipinski definition) is 1. The molecular formula is C10H7BrN2O. The first-order valence-corrected chi connectivity index (χ1v) is 4.81. The van der Waals surface area contributed by atoms with Gasteiger partial charge in [-0.05, 0) is 23.6 Å². The van der Waals surface area contributed by atoms with E-state index in [1.165, 1.54) is 0 Å². The van der Waals surface area contributed by atoms with Crippen molar-refractivity contribution in [1.82, 2.24) is 4.98 Å². The third-order valence-electron chi connectivity index (χ3n) is 1.94. The van der Waals surface area contributed by atoms with Crippen LogP contribution in [0.1, 0.15) is 10.5 Å². The Hall–Kier alpha value is -1.42. The molecule has 4 heteroatoms. The van der Waals surface area contributed by atoms with E-state index in [0.29, 0.717) is 5.69 Å². The summed E-state index contributed by atoms with van der Waals surface area (Å²) in [5.74, 6) is -0.505. The van der Waals surface area contributed by atoms with Crippen molar-refractivity contribution >= 4 is 32.6 Å². The highest BCUT2D eigenvalue weighted by molar-refractivity contribution is 9.10. The fraction of sp³-hybridized carbons (Fsp3) is 0. The summed E-state index contributed by atoms with van der Waals surface area (Å²) in [7, 11) is 0. The molecule has 0 aliphatic carbocycles. The van der Waals surface area contributed by atoms with E-state index in [-0.39, 0.29) is 0 Å². The lowest BCUT2D eigenvalue weighted by Gasteiger charge is -1.99. The number of carbonyl (C=O) groups is 1. The van der Waals surface area contributed by atoms with E-state index in [1.807, 2.05) is 18.2 Å². The zero-order valence-electron chi connectivity index (χ0n) is 7.20. The molecular weight excluding hydrogens is 244 g/mol. The van der Waals surface area contributed by atoms with Crippen molar-refractivity contribution < 1.29 is 4.79 Å². The number of fused-ring (bicyclic) bond motifs is 1. The van der Waals surface area contributed by atoms with Crippen LogP contribution in [0.5, 0.6) is 0 Å². The molecule has 1 aromatic heterocycles. The van der Waals surface area contributed by atoms with Crippen LogP contribution in [0.4, 0.5) is 0 Å². The summed E-state index contributed by atoms with van der Waals surface area (Å²) in [4.78, 5) is 14.8. The fourth-order valence-corrected chi connectivity index (χ4v) is 1.63. The molecule has 1 heterocycles. The van der Waals surface area contributed by atoms with Gasteiger partial charge >= 0.3 is 0 Å². The maximum Gasteiger partial charge on any atom is 0.267 e. The zero-order valence-corrected chi connectivity index (χ0v) is 8.78.